The van der Waals surface area contributed by atoms with Gasteiger partial charge in [-0.15, -0.1) is 0 Å². The molecule has 2 rings (SSSR count). The van der Waals surface area contributed by atoms with Gasteiger partial charge in [0.25, 0.3) is 0 Å². The van der Waals surface area contributed by atoms with Crippen molar-refractivity contribution < 1.29 is 4.79 Å². The molecule has 2 N–H and O–H groups in total. The van der Waals surface area contributed by atoms with E-state index in [4.69, 9.17) is 0 Å². The third-order valence-electron chi connectivity index (χ3n) is 2.37. The first-order valence-corrected chi connectivity index (χ1v) is 6.42. The Hall–Kier alpha value is -1.82. The number of aromatic nitrogens is 3. The van der Waals surface area contributed by atoms with Crippen molar-refractivity contribution in [2.24, 2.45) is 0 Å². The Morgan fingerprint density at radius 1 is 1.39 bits per heavy atom. The number of hydrogen-bond donors (Lipinski definition) is 2. The average molecular weight is 262 g/mol. The minimum Gasteiger partial charge on any atom is -0.325 e. The number of carbonyl (C=O) groups excluding carboxylic acids is 1. The number of aromatic amines is 1. The third kappa shape index (κ3) is 3.33. The zero-order chi connectivity index (χ0) is 13.0. The van der Waals surface area contributed by atoms with E-state index in [1.807, 2.05) is 38.1 Å². The van der Waals surface area contributed by atoms with Crippen molar-refractivity contribution >= 4 is 23.4 Å². The summed E-state index contributed by atoms with van der Waals surface area (Å²) in [4.78, 5) is 15.9. The van der Waals surface area contributed by atoms with Crippen molar-refractivity contribution in [3.8, 4) is 0 Å². The van der Waals surface area contributed by atoms with Crippen LogP contribution in [-0.4, -0.2) is 26.3 Å². The maximum Gasteiger partial charge on any atom is 0.237 e. The van der Waals surface area contributed by atoms with Gasteiger partial charge in [0, 0.05) is 5.69 Å². The van der Waals surface area contributed by atoms with E-state index in [1.54, 1.807) is 0 Å². The lowest BCUT2D eigenvalue weighted by molar-refractivity contribution is -0.115. The third-order valence-corrected chi connectivity index (χ3v) is 3.36. The number of nitrogens with one attached hydrogen (secondary N) is 2. The monoisotopic (exact) mass is 262 g/mol. The molecule has 0 aliphatic heterocycles. The molecule has 0 saturated carbocycles. The predicted octanol–water partition coefficient (Wildman–Crippen LogP) is 2.23. The van der Waals surface area contributed by atoms with E-state index in [2.05, 4.69) is 20.5 Å². The summed E-state index contributed by atoms with van der Waals surface area (Å²) in [6.45, 7) is 3.84. The van der Waals surface area contributed by atoms with Crippen molar-refractivity contribution in [1.29, 1.82) is 0 Å². The van der Waals surface area contributed by atoms with E-state index in [0.717, 1.165) is 11.3 Å². The fraction of sp³-hybridized carbons (Fsp3) is 0.250. The van der Waals surface area contributed by atoms with Gasteiger partial charge in [0.2, 0.25) is 5.91 Å². The molecule has 0 bridgehead atoms. The molecule has 0 spiro atoms. The molecule has 0 fully saturated rings. The summed E-state index contributed by atoms with van der Waals surface area (Å²) < 4.78 is 0. The van der Waals surface area contributed by atoms with Crippen LogP contribution in [0.2, 0.25) is 0 Å². The molecule has 1 aromatic carbocycles. The second-order valence-electron chi connectivity index (χ2n) is 3.91. The molecule has 5 nitrogen and oxygen atoms in total. The fourth-order valence-electron chi connectivity index (χ4n) is 1.35. The first-order valence-electron chi connectivity index (χ1n) is 5.54. The Kier molecular flexibility index (Phi) is 3.99. The molecule has 1 aromatic heterocycles. The summed E-state index contributed by atoms with van der Waals surface area (Å²) in [6, 6.07) is 7.70. The topological polar surface area (TPSA) is 70.7 Å². The van der Waals surface area contributed by atoms with Gasteiger partial charge < -0.3 is 5.32 Å². The van der Waals surface area contributed by atoms with Crippen LogP contribution in [0, 0.1) is 6.92 Å². The van der Waals surface area contributed by atoms with Crippen LogP contribution < -0.4 is 5.32 Å². The van der Waals surface area contributed by atoms with Gasteiger partial charge in [-0.25, -0.2) is 4.98 Å². The predicted molar refractivity (Wildman–Crippen MR) is 71.5 cm³/mol. The molecule has 1 unspecified atom stereocenters. The van der Waals surface area contributed by atoms with Gasteiger partial charge in [0.1, 0.15) is 6.33 Å². The van der Waals surface area contributed by atoms with E-state index < -0.39 is 0 Å². The number of aryl methyl sites for hydroxylation is 1. The van der Waals surface area contributed by atoms with Crippen molar-refractivity contribution in [1.82, 2.24) is 15.2 Å². The average Bonchev–Trinajstić information content (AvgIpc) is 2.85. The second-order valence-corrected chi connectivity index (χ2v) is 5.24. The largest absolute Gasteiger partial charge is 0.325 e. The Morgan fingerprint density at radius 3 is 2.72 bits per heavy atom. The number of amides is 1. The molecular formula is C12H14N4OS. The standard InChI is InChI=1S/C12H14N4OS/c1-8-3-5-10(6-4-8)15-11(17)9(2)18-12-13-7-14-16-12/h3-7,9H,1-2H3,(H,15,17)(H,13,14,16). The molecule has 0 aliphatic rings. The Morgan fingerprint density at radius 2 is 2.11 bits per heavy atom. The number of thioether (sulfide) groups is 1. The molecule has 0 aliphatic carbocycles. The molecule has 0 saturated heterocycles. The normalized spacial score (nSPS) is 12.1. The smallest absolute Gasteiger partial charge is 0.237 e. The van der Waals surface area contributed by atoms with Gasteiger partial charge >= 0.3 is 0 Å². The summed E-state index contributed by atoms with van der Waals surface area (Å²) in [6.07, 6.45) is 1.42. The van der Waals surface area contributed by atoms with E-state index >= 15 is 0 Å². The van der Waals surface area contributed by atoms with Crippen molar-refractivity contribution in [3.05, 3.63) is 36.2 Å². The van der Waals surface area contributed by atoms with E-state index in [-0.39, 0.29) is 11.2 Å². The lowest BCUT2D eigenvalue weighted by atomic mass is 10.2. The highest BCUT2D eigenvalue weighted by Gasteiger charge is 2.15. The first-order chi connectivity index (χ1) is 8.65. The number of carbonyl (C=O) groups is 1. The van der Waals surface area contributed by atoms with E-state index in [9.17, 15) is 4.79 Å². The van der Waals surface area contributed by atoms with Crippen molar-refractivity contribution in [2.75, 3.05) is 5.32 Å². The summed E-state index contributed by atoms with van der Waals surface area (Å²) >= 11 is 1.34. The van der Waals surface area contributed by atoms with E-state index in [0.29, 0.717) is 5.16 Å². The number of nitrogens with zero attached hydrogens (tertiary/aromatic N) is 2. The highest BCUT2D eigenvalue weighted by molar-refractivity contribution is 8.00. The summed E-state index contributed by atoms with van der Waals surface area (Å²) in [5.41, 5.74) is 1.97. The van der Waals surface area contributed by atoms with Crippen LogP contribution in [0.3, 0.4) is 0 Å². The maximum atomic E-state index is 11.9. The summed E-state index contributed by atoms with van der Waals surface area (Å²) in [5.74, 6) is -0.0553. The van der Waals surface area contributed by atoms with Crippen molar-refractivity contribution in [3.63, 3.8) is 0 Å². The molecule has 1 heterocycles. The number of benzene rings is 1. The molecule has 0 radical (unpaired) electrons. The first kappa shape index (κ1) is 12.6. The van der Waals surface area contributed by atoms with Crippen molar-refractivity contribution in [2.45, 2.75) is 24.3 Å². The van der Waals surface area contributed by atoms with E-state index in [1.165, 1.54) is 18.1 Å². The summed E-state index contributed by atoms with van der Waals surface area (Å²) in [7, 11) is 0. The lowest BCUT2D eigenvalue weighted by Gasteiger charge is -2.10. The molecule has 94 valence electrons. The second kappa shape index (κ2) is 5.68. The fourth-order valence-corrected chi connectivity index (χ4v) is 2.07. The molecule has 6 heteroatoms. The zero-order valence-corrected chi connectivity index (χ0v) is 11.0. The van der Waals surface area contributed by atoms with Gasteiger partial charge in [-0.3, -0.25) is 9.89 Å². The van der Waals surface area contributed by atoms with Crippen LogP contribution >= 0.6 is 11.8 Å². The van der Waals surface area contributed by atoms with Crippen LogP contribution in [0.25, 0.3) is 0 Å². The highest BCUT2D eigenvalue weighted by atomic mass is 32.2. The molecule has 18 heavy (non-hydrogen) atoms. The highest BCUT2D eigenvalue weighted by Crippen LogP contribution is 2.19. The van der Waals surface area contributed by atoms with Gasteiger partial charge in [0.15, 0.2) is 5.16 Å². The van der Waals surface area contributed by atoms with Gasteiger partial charge in [0.05, 0.1) is 5.25 Å². The molecule has 1 amide bonds. The van der Waals surface area contributed by atoms with Crippen LogP contribution in [0.4, 0.5) is 5.69 Å². The SMILES string of the molecule is Cc1ccc(NC(=O)C(C)Sc2ncn[nH]2)cc1. The molecular weight excluding hydrogens is 248 g/mol. The minimum atomic E-state index is -0.237. The van der Waals surface area contributed by atoms with Gasteiger partial charge in [-0.05, 0) is 26.0 Å². The van der Waals surface area contributed by atoms with Crippen LogP contribution in [0.15, 0.2) is 35.7 Å². The maximum absolute atomic E-state index is 11.9. The zero-order valence-electron chi connectivity index (χ0n) is 10.2. The number of H-pyrrole nitrogens is 1. The Balaban J connectivity index is 1.93. The minimum absolute atomic E-state index is 0.0553. The van der Waals surface area contributed by atoms with Gasteiger partial charge in [-0.2, -0.15) is 5.10 Å². The molecule has 2 aromatic rings. The lowest BCUT2D eigenvalue weighted by Crippen LogP contribution is -2.22. The quantitative estimate of drug-likeness (QED) is 0.829. The summed E-state index contributed by atoms with van der Waals surface area (Å²) in [5, 5.41) is 9.72. The molecule has 1 atom stereocenters. The van der Waals surface area contributed by atoms with Crippen LogP contribution in [-0.2, 0) is 4.79 Å². The van der Waals surface area contributed by atoms with Crippen LogP contribution in [0.1, 0.15) is 12.5 Å². The number of rotatable bonds is 4. The number of anilines is 1. The van der Waals surface area contributed by atoms with Crippen LogP contribution in [0.5, 0.6) is 0 Å². The Bertz CT molecular complexity index is 509. The Labute approximate surface area is 109 Å². The number of hydrogen-bond acceptors (Lipinski definition) is 4. The van der Waals surface area contributed by atoms with Gasteiger partial charge in [-0.1, -0.05) is 29.5 Å².